The van der Waals surface area contributed by atoms with Crippen LogP contribution in [0.3, 0.4) is 0 Å². The van der Waals surface area contributed by atoms with Crippen LogP contribution in [-0.4, -0.2) is 0 Å². The van der Waals surface area contributed by atoms with Gasteiger partial charge in [-0.3, -0.25) is 0 Å². The molecule has 4 rings (SSSR count). The molecule has 0 amide bonds. The summed E-state index contributed by atoms with van der Waals surface area (Å²) in [7, 11) is 0. The lowest BCUT2D eigenvalue weighted by Gasteiger charge is -2.31. The van der Waals surface area contributed by atoms with Gasteiger partial charge in [0, 0.05) is 5.92 Å². The molecule has 1 aromatic carbocycles. The Kier molecular flexibility index (Phi) is 2.16. The molecule has 1 atom stereocenters. The van der Waals surface area contributed by atoms with Gasteiger partial charge in [-0.25, -0.2) is 0 Å². The average Bonchev–Trinajstić information content (AvgIpc) is 2.46. The standard InChI is InChI=1S/C18H16/c1-3-7-15-13(5-1)9-11-18-16-8-4-2-6-14(16)10-12-17(15)18/h1-5,7-8,10,12,14H,6,9,11H2. The minimum atomic E-state index is 0.624. The maximum absolute atomic E-state index is 2.39. The molecule has 0 nitrogen and oxygen atoms in total. The van der Waals surface area contributed by atoms with Crippen LogP contribution in [0.25, 0.3) is 5.57 Å². The van der Waals surface area contributed by atoms with Crippen LogP contribution in [-0.2, 0) is 6.42 Å². The van der Waals surface area contributed by atoms with Crippen molar-refractivity contribution in [1.82, 2.24) is 0 Å². The molecule has 0 saturated carbocycles. The largest absolute Gasteiger partial charge is 0.0836 e. The van der Waals surface area contributed by atoms with Gasteiger partial charge in [0.1, 0.15) is 0 Å². The monoisotopic (exact) mass is 232 g/mol. The highest BCUT2D eigenvalue weighted by molar-refractivity contribution is 5.85. The summed E-state index contributed by atoms with van der Waals surface area (Å²) in [6, 6.07) is 8.86. The SMILES string of the molecule is C1=CCC2C=CC3=C(CCc4ccccc43)C2=C1. The lowest BCUT2D eigenvalue weighted by Crippen LogP contribution is -2.15. The van der Waals surface area contributed by atoms with Gasteiger partial charge < -0.3 is 0 Å². The van der Waals surface area contributed by atoms with Crippen LogP contribution in [0.5, 0.6) is 0 Å². The molecule has 3 aliphatic rings. The van der Waals surface area contributed by atoms with E-state index in [2.05, 4.69) is 54.6 Å². The zero-order valence-corrected chi connectivity index (χ0v) is 10.4. The van der Waals surface area contributed by atoms with Gasteiger partial charge >= 0.3 is 0 Å². The molecule has 0 aromatic heterocycles. The molecule has 0 N–H and O–H groups in total. The maximum atomic E-state index is 2.39. The zero-order chi connectivity index (χ0) is 11.9. The predicted octanol–water partition coefficient (Wildman–Crippen LogP) is 4.46. The third kappa shape index (κ3) is 1.38. The summed E-state index contributed by atoms with van der Waals surface area (Å²) in [5.74, 6) is 0.624. The molecule has 88 valence electrons. The number of rotatable bonds is 0. The molecule has 0 aliphatic heterocycles. The fourth-order valence-electron chi connectivity index (χ4n) is 3.41. The second-order valence-electron chi connectivity index (χ2n) is 5.30. The summed E-state index contributed by atoms with van der Waals surface area (Å²) < 4.78 is 0. The first-order valence-electron chi connectivity index (χ1n) is 6.80. The molecular weight excluding hydrogens is 216 g/mol. The Balaban J connectivity index is 1.92. The Morgan fingerprint density at radius 2 is 2.00 bits per heavy atom. The average molecular weight is 232 g/mol. The summed E-state index contributed by atoms with van der Waals surface area (Å²) in [4.78, 5) is 0. The second-order valence-corrected chi connectivity index (χ2v) is 5.30. The fraction of sp³-hybridized carbons (Fsp3) is 0.222. The summed E-state index contributed by atoms with van der Waals surface area (Å²) in [5, 5.41) is 0. The van der Waals surface area contributed by atoms with Crippen molar-refractivity contribution in [2.24, 2.45) is 5.92 Å². The minimum Gasteiger partial charge on any atom is -0.0836 e. The van der Waals surface area contributed by atoms with E-state index in [0.717, 1.165) is 0 Å². The molecular formula is C18H16. The third-order valence-electron chi connectivity index (χ3n) is 4.32. The Labute approximate surface area is 108 Å². The first-order chi connectivity index (χ1) is 8.93. The molecule has 0 spiro atoms. The van der Waals surface area contributed by atoms with Crippen molar-refractivity contribution < 1.29 is 0 Å². The first-order valence-corrected chi connectivity index (χ1v) is 6.80. The summed E-state index contributed by atoms with van der Waals surface area (Å²) in [6.07, 6.45) is 15.1. The van der Waals surface area contributed by atoms with Crippen molar-refractivity contribution in [2.45, 2.75) is 19.3 Å². The van der Waals surface area contributed by atoms with E-state index in [9.17, 15) is 0 Å². The summed E-state index contributed by atoms with van der Waals surface area (Å²) in [6.45, 7) is 0. The normalized spacial score (nSPS) is 24.2. The van der Waals surface area contributed by atoms with E-state index >= 15 is 0 Å². The van der Waals surface area contributed by atoms with Gasteiger partial charge in [0.2, 0.25) is 0 Å². The molecule has 1 aromatic rings. The number of hydrogen-bond donors (Lipinski definition) is 0. The van der Waals surface area contributed by atoms with Crippen LogP contribution >= 0.6 is 0 Å². The Hall–Kier alpha value is -1.82. The molecule has 0 saturated heterocycles. The molecule has 18 heavy (non-hydrogen) atoms. The lowest BCUT2D eigenvalue weighted by molar-refractivity contribution is 0.743. The Bertz CT molecular complexity index is 623. The van der Waals surface area contributed by atoms with Gasteiger partial charge in [-0.2, -0.15) is 0 Å². The van der Waals surface area contributed by atoms with E-state index < -0.39 is 0 Å². The van der Waals surface area contributed by atoms with Crippen molar-refractivity contribution in [1.29, 1.82) is 0 Å². The van der Waals surface area contributed by atoms with E-state index in [4.69, 9.17) is 0 Å². The van der Waals surface area contributed by atoms with Gasteiger partial charge in [0.25, 0.3) is 0 Å². The molecule has 0 heteroatoms. The number of fused-ring (bicyclic) bond motifs is 4. The number of hydrogen-bond acceptors (Lipinski definition) is 0. The van der Waals surface area contributed by atoms with E-state index in [-0.39, 0.29) is 0 Å². The van der Waals surface area contributed by atoms with Gasteiger partial charge in [-0.05, 0) is 47.1 Å². The molecule has 1 unspecified atom stereocenters. The van der Waals surface area contributed by atoms with Crippen LogP contribution in [0.2, 0.25) is 0 Å². The van der Waals surface area contributed by atoms with Crippen LogP contribution < -0.4 is 0 Å². The molecule has 0 fully saturated rings. The topological polar surface area (TPSA) is 0 Å². The van der Waals surface area contributed by atoms with Crippen LogP contribution in [0.4, 0.5) is 0 Å². The van der Waals surface area contributed by atoms with Crippen LogP contribution in [0.1, 0.15) is 24.0 Å². The van der Waals surface area contributed by atoms with E-state index in [1.165, 1.54) is 36.0 Å². The van der Waals surface area contributed by atoms with Crippen molar-refractivity contribution in [3.8, 4) is 0 Å². The predicted molar refractivity (Wildman–Crippen MR) is 76.2 cm³/mol. The van der Waals surface area contributed by atoms with Gasteiger partial charge in [-0.15, -0.1) is 0 Å². The quantitative estimate of drug-likeness (QED) is 0.619. The maximum Gasteiger partial charge on any atom is 0.00588 e. The Morgan fingerprint density at radius 1 is 1.06 bits per heavy atom. The van der Waals surface area contributed by atoms with E-state index in [0.29, 0.717) is 5.92 Å². The minimum absolute atomic E-state index is 0.624. The molecule has 0 bridgehead atoms. The van der Waals surface area contributed by atoms with Crippen molar-refractivity contribution in [3.05, 3.63) is 76.9 Å². The van der Waals surface area contributed by atoms with E-state index in [1.54, 1.807) is 11.1 Å². The first kappa shape index (κ1) is 10.1. The molecule has 3 aliphatic carbocycles. The highest BCUT2D eigenvalue weighted by atomic mass is 14.3. The highest BCUT2D eigenvalue weighted by Crippen LogP contribution is 2.43. The van der Waals surface area contributed by atoms with Crippen molar-refractivity contribution in [2.75, 3.05) is 0 Å². The second kappa shape index (κ2) is 3.84. The lowest BCUT2D eigenvalue weighted by atomic mass is 9.73. The molecule has 0 heterocycles. The van der Waals surface area contributed by atoms with Crippen LogP contribution in [0, 0.1) is 5.92 Å². The highest BCUT2D eigenvalue weighted by Gasteiger charge is 2.26. The molecule has 0 radical (unpaired) electrons. The Morgan fingerprint density at radius 3 is 3.00 bits per heavy atom. The zero-order valence-electron chi connectivity index (χ0n) is 10.4. The van der Waals surface area contributed by atoms with Gasteiger partial charge in [0.15, 0.2) is 0 Å². The summed E-state index contributed by atoms with van der Waals surface area (Å²) >= 11 is 0. The van der Waals surface area contributed by atoms with Gasteiger partial charge in [-0.1, -0.05) is 54.6 Å². The van der Waals surface area contributed by atoms with Crippen LogP contribution in [0.15, 0.2) is 65.8 Å². The van der Waals surface area contributed by atoms with E-state index in [1.807, 2.05) is 0 Å². The number of allylic oxidation sites excluding steroid dienone is 8. The van der Waals surface area contributed by atoms with Crippen molar-refractivity contribution >= 4 is 5.57 Å². The fourth-order valence-corrected chi connectivity index (χ4v) is 3.41. The number of aryl methyl sites for hydroxylation is 1. The smallest absolute Gasteiger partial charge is 0.00588 e. The summed E-state index contributed by atoms with van der Waals surface area (Å²) in [5.41, 5.74) is 7.57. The third-order valence-corrected chi connectivity index (χ3v) is 4.32. The van der Waals surface area contributed by atoms with Crippen molar-refractivity contribution in [3.63, 3.8) is 0 Å². The van der Waals surface area contributed by atoms with Gasteiger partial charge in [0.05, 0.1) is 0 Å². The number of benzene rings is 1.